The zero-order valence-corrected chi connectivity index (χ0v) is 12.8. The summed E-state index contributed by atoms with van der Waals surface area (Å²) in [5, 5.41) is 0. The van der Waals surface area contributed by atoms with E-state index >= 15 is 0 Å². The predicted molar refractivity (Wildman–Crippen MR) is 67.6 cm³/mol. The Hall–Kier alpha value is -1.20. The minimum atomic E-state index is -5.97. The lowest BCUT2D eigenvalue weighted by Gasteiger charge is -2.35. The van der Waals surface area contributed by atoms with Gasteiger partial charge in [0.25, 0.3) is 9.84 Å². The van der Waals surface area contributed by atoms with Crippen molar-refractivity contribution in [3.63, 3.8) is 0 Å². The van der Waals surface area contributed by atoms with Crippen molar-refractivity contribution in [2.45, 2.75) is 22.2 Å². The van der Waals surface area contributed by atoms with E-state index in [1.54, 1.807) is 6.92 Å². The molecular formula is C11H11F4NO4S2. The number of sulfonamides is 1. The van der Waals surface area contributed by atoms with Crippen molar-refractivity contribution in [3.8, 4) is 0 Å². The molecule has 124 valence electrons. The minimum absolute atomic E-state index is 0.0913. The molecule has 22 heavy (non-hydrogen) atoms. The number of hydrogen-bond acceptors (Lipinski definition) is 4. The first-order valence-corrected chi connectivity index (χ1v) is 8.91. The molecular weight excluding hydrogens is 350 g/mol. The van der Waals surface area contributed by atoms with Gasteiger partial charge in [0, 0.05) is 13.1 Å². The molecule has 0 N–H and O–H groups in total. The first-order chi connectivity index (χ1) is 9.87. The Kier molecular flexibility index (Phi) is 4.03. The maximum atomic E-state index is 13.5. The summed E-state index contributed by atoms with van der Waals surface area (Å²) < 4.78 is 98.8. The van der Waals surface area contributed by atoms with Gasteiger partial charge in [-0.25, -0.2) is 21.2 Å². The van der Waals surface area contributed by atoms with E-state index in [0.29, 0.717) is 6.07 Å². The molecule has 1 aliphatic heterocycles. The van der Waals surface area contributed by atoms with Crippen molar-refractivity contribution < 1.29 is 34.4 Å². The summed E-state index contributed by atoms with van der Waals surface area (Å²) >= 11 is 0. The SMILES string of the molecule is CC1CN(S(=O)(=O)c2ccc(F)c(S(=O)(=O)C(F)(F)F)c2)C1. The zero-order chi connectivity index (χ0) is 16.9. The summed E-state index contributed by atoms with van der Waals surface area (Å²) in [6.07, 6.45) is 0. The van der Waals surface area contributed by atoms with E-state index in [9.17, 15) is 34.4 Å². The largest absolute Gasteiger partial charge is 0.502 e. The third-order valence-corrected chi connectivity index (χ3v) is 6.49. The number of sulfone groups is 1. The van der Waals surface area contributed by atoms with Crippen LogP contribution in [0.4, 0.5) is 17.6 Å². The molecule has 0 bridgehead atoms. The number of alkyl halides is 3. The molecule has 1 aromatic carbocycles. The second kappa shape index (κ2) is 5.17. The number of halogens is 4. The first kappa shape index (κ1) is 17.2. The first-order valence-electron chi connectivity index (χ1n) is 5.98. The zero-order valence-electron chi connectivity index (χ0n) is 11.1. The van der Waals surface area contributed by atoms with Gasteiger partial charge in [0.05, 0.1) is 4.90 Å². The van der Waals surface area contributed by atoms with Crippen LogP contribution in [0.5, 0.6) is 0 Å². The Morgan fingerprint density at radius 1 is 1.14 bits per heavy atom. The molecule has 1 aliphatic rings. The van der Waals surface area contributed by atoms with Crippen LogP contribution >= 0.6 is 0 Å². The van der Waals surface area contributed by atoms with Crippen LogP contribution < -0.4 is 0 Å². The van der Waals surface area contributed by atoms with Gasteiger partial charge in [0.2, 0.25) is 10.0 Å². The third-order valence-electron chi connectivity index (χ3n) is 3.17. The lowest BCUT2D eigenvalue weighted by atomic mass is 10.1. The summed E-state index contributed by atoms with van der Waals surface area (Å²) in [6, 6.07) is 1.34. The molecule has 1 saturated heterocycles. The molecule has 0 amide bonds. The minimum Gasteiger partial charge on any atom is -0.214 e. The Morgan fingerprint density at radius 3 is 2.14 bits per heavy atom. The van der Waals surface area contributed by atoms with E-state index < -0.39 is 41.0 Å². The Morgan fingerprint density at radius 2 is 1.68 bits per heavy atom. The average molecular weight is 361 g/mol. The van der Waals surface area contributed by atoms with Crippen molar-refractivity contribution in [2.24, 2.45) is 5.92 Å². The second-order valence-corrected chi connectivity index (χ2v) is 8.82. The molecule has 0 spiro atoms. The fourth-order valence-electron chi connectivity index (χ4n) is 1.96. The van der Waals surface area contributed by atoms with Gasteiger partial charge in [0.15, 0.2) is 0 Å². The molecule has 1 fully saturated rings. The molecule has 5 nitrogen and oxygen atoms in total. The van der Waals surface area contributed by atoms with Gasteiger partial charge in [-0.1, -0.05) is 6.92 Å². The van der Waals surface area contributed by atoms with Crippen LogP contribution in [0.2, 0.25) is 0 Å². The number of nitrogens with zero attached hydrogens (tertiary/aromatic N) is 1. The van der Waals surface area contributed by atoms with Gasteiger partial charge in [-0.05, 0) is 24.1 Å². The Bertz CT molecular complexity index is 796. The summed E-state index contributed by atoms with van der Waals surface area (Å²) in [5.74, 6) is -1.57. The molecule has 2 rings (SSSR count). The second-order valence-electron chi connectivity index (χ2n) is 4.97. The van der Waals surface area contributed by atoms with Crippen LogP contribution in [0.25, 0.3) is 0 Å². The molecule has 11 heteroatoms. The summed E-state index contributed by atoms with van der Waals surface area (Å²) in [7, 11) is -10.1. The molecule has 0 aliphatic carbocycles. The number of hydrogen-bond donors (Lipinski definition) is 0. The van der Waals surface area contributed by atoms with E-state index in [4.69, 9.17) is 0 Å². The maximum Gasteiger partial charge on any atom is 0.502 e. The Balaban J connectivity index is 2.53. The smallest absolute Gasteiger partial charge is 0.214 e. The number of rotatable bonds is 3. The molecule has 0 unspecified atom stereocenters. The summed E-state index contributed by atoms with van der Waals surface area (Å²) in [4.78, 5) is -2.39. The van der Waals surface area contributed by atoms with Crippen molar-refractivity contribution in [3.05, 3.63) is 24.0 Å². The molecule has 1 heterocycles. The van der Waals surface area contributed by atoms with Gasteiger partial charge in [0.1, 0.15) is 10.7 Å². The van der Waals surface area contributed by atoms with Gasteiger partial charge >= 0.3 is 5.51 Å². The normalized spacial score (nSPS) is 18.2. The lowest BCUT2D eigenvalue weighted by Crippen LogP contribution is -2.48. The van der Waals surface area contributed by atoms with E-state index in [2.05, 4.69) is 0 Å². The van der Waals surface area contributed by atoms with Crippen molar-refractivity contribution in [1.82, 2.24) is 4.31 Å². The highest BCUT2D eigenvalue weighted by molar-refractivity contribution is 7.92. The lowest BCUT2D eigenvalue weighted by molar-refractivity contribution is -0.0437. The van der Waals surface area contributed by atoms with Crippen LogP contribution in [0.1, 0.15) is 6.92 Å². The maximum absolute atomic E-state index is 13.5. The van der Waals surface area contributed by atoms with Crippen molar-refractivity contribution >= 4 is 19.9 Å². The molecule has 0 aromatic heterocycles. The standard InChI is InChI=1S/C11H11F4NO4S2/c1-7-5-16(6-7)22(19,20)8-2-3-9(12)10(4-8)21(17,18)11(13,14)15/h2-4,7H,5-6H2,1H3. The van der Waals surface area contributed by atoms with E-state index in [0.717, 1.165) is 10.4 Å². The van der Waals surface area contributed by atoms with Crippen LogP contribution in [0.3, 0.4) is 0 Å². The monoisotopic (exact) mass is 361 g/mol. The fraction of sp³-hybridized carbons (Fsp3) is 0.455. The summed E-state index contributed by atoms with van der Waals surface area (Å²) in [5.41, 5.74) is -5.72. The highest BCUT2D eigenvalue weighted by Gasteiger charge is 2.48. The van der Waals surface area contributed by atoms with Gasteiger partial charge in [-0.2, -0.15) is 17.5 Å². The predicted octanol–water partition coefficient (Wildman–Crippen LogP) is 1.76. The molecule has 0 saturated carbocycles. The third kappa shape index (κ3) is 2.72. The average Bonchev–Trinajstić information content (AvgIpc) is 2.33. The molecule has 0 radical (unpaired) electrons. The highest BCUT2D eigenvalue weighted by atomic mass is 32.2. The van der Waals surface area contributed by atoms with E-state index in [1.807, 2.05) is 0 Å². The van der Waals surface area contributed by atoms with Gasteiger partial charge in [-0.15, -0.1) is 0 Å². The van der Waals surface area contributed by atoms with E-state index in [1.165, 1.54) is 0 Å². The van der Waals surface area contributed by atoms with Gasteiger partial charge in [-0.3, -0.25) is 0 Å². The molecule has 0 atom stereocenters. The fourth-order valence-corrected chi connectivity index (χ4v) is 4.60. The topological polar surface area (TPSA) is 71.5 Å². The number of benzene rings is 1. The molecule has 1 aromatic rings. The van der Waals surface area contributed by atoms with Crippen LogP contribution in [0.15, 0.2) is 28.0 Å². The van der Waals surface area contributed by atoms with Crippen LogP contribution in [0, 0.1) is 11.7 Å². The highest BCUT2D eigenvalue weighted by Crippen LogP contribution is 2.34. The van der Waals surface area contributed by atoms with Gasteiger partial charge < -0.3 is 0 Å². The van der Waals surface area contributed by atoms with Crippen molar-refractivity contribution in [1.29, 1.82) is 0 Å². The Labute approximate surface area is 124 Å². The van der Waals surface area contributed by atoms with Crippen LogP contribution in [-0.2, 0) is 19.9 Å². The quantitative estimate of drug-likeness (QED) is 0.769. The van der Waals surface area contributed by atoms with Crippen molar-refractivity contribution in [2.75, 3.05) is 13.1 Å². The van der Waals surface area contributed by atoms with E-state index in [-0.39, 0.29) is 25.1 Å². The van der Waals surface area contributed by atoms with Crippen LogP contribution in [-0.4, -0.2) is 39.7 Å². The summed E-state index contributed by atoms with van der Waals surface area (Å²) in [6.45, 7) is 2.11.